The highest BCUT2D eigenvalue weighted by atomic mass is 16.5. The highest BCUT2D eigenvalue weighted by molar-refractivity contribution is 5.81. The van der Waals surface area contributed by atoms with Crippen LogP contribution in [0.25, 0.3) is 0 Å². The minimum atomic E-state index is -0.436. The van der Waals surface area contributed by atoms with Crippen LogP contribution in [0, 0.1) is 0 Å². The maximum Gasteiger partial charge on any atom is 0.326 e. The van der Waals surface area contributed by atoms with E-state index in [0.717, 1.165) is 52.0 Å². The number of hydrogen-bond donors (Lipinski definition) is 1. The molecule has 1 N–H and O–H groups in total. The minimum Gasteiger partial charge on any atom is -0.465 e. The van der Waals surface area contributed by atoms with Gasteiger partial charge in [-0.15, -0.1) is 0 Å². The van der Waals surface area contributed by atoms with Gasteiger partial charge in [-0.25, -0.2) is 0 Å². The number of esters is 1. The molecule has 21 heavy (non-hydrogen) atoms. The molecule has 0 amide bonds. The summed E-state index contributed by atoms with van der Waals surface area (Å²) in [6, 6.07) is 1.02. The summed E-state index contributed by atoms with van der Waals surface area (Å²) in [4.78, 5) is 15.0. The molecule has 1 aliphatic heterocycles. The number of hydrogen-bond acceptors (Lipinski definition) is 5. The molecule has 1 saturated heterocycles. The van der Waals surface area contributed by atoms with Crippen molar-refractivity contribution in [1.29, 1.82) is 0 Å². The van der Waals surface area contributed by atoms with E-state index in [9.17, 15) is 4.79 Å². The van der Waals surface area contributed by atoms with Crippen molar-refractivity contribution >= 4 is 5.97 Å². The number of rotatable bonds is 5. The van der Waals surface area contributed by atoms with Gasteiger partial charge in [0.2, 0.25) is 0 Å². The molecular weight excluding hydrogens is 268 g/mol. The van der Waals surface area contributed by atoms with Crippen LogP contribution in [-0.2, 0) is 14.3 Å². The van der Waals surface area contributed by atoms with Crippen LogP contribution in [0.1, 0.15) is 45.4 Å². The maximum absolute atomic E-state index is 12.5. The Morgan fingerprint density at radius 2 is 2.19 bits per heavy atom. The van der Waals surface area contributed by atoms with Crippen LogP contribution < -0.4 is 5.32 Å². The standard InChI is InChI=1S/C16H28N2O3/c1-2-21-15(19)16(17-13-4-5-13)7-6-14(12-16)18-8-3-10-20-11-9-18/h13-14,17H,2-12H2,1H3. The summed E-state index contributed by atoms with van der Waals surface area (Å²) in [5, 5.41) is 3.60. The van der Waals surface area contributed by atoms with E-state index in [1.165, 1.54) is 12.8 Å². The third-order valence-corrected chi connectivity index (χ3v) is 4.99. The fourth-order valence-electron chi connectivity index (χ4n) is 3.72. The molecule has 0 aromatic rings. The van der Waals surface area contributed by atoms with Crippen LogP contribution >= 0.6 is 0 Å². The van der Waals surface area contributed by atoms with Crippen LogP contribution in [0.2, 0.25) is 0 Å². The second kappa shape index (κ2) is 6.63. The zero-order valence-electron chi connectivity index (χ0n) is 13.1. The lowest BCUT2D eigenvalue weighted by Gasteiger charge is -2.31. The van der Waals surface area contributed by atoms with Gasteiger partial charge in [-0.05, 0) is 45.4 Å². The number of nitrogens with zero attached hydrogens (tertiary/aromatic N) is 1. The van der Waals surface area contributed by atoms with E-state index in [0.29, 0.717) is 18.7 Å². The topological polar surface area (TPSA) is 50.8 Å². The quantitative estimate of drug-likeness (QED) is 0.775. The average molecular weight is 296 g/mol. The molecular formula is C16H28N2O3. The summed E-state index contributed by atoms with van der Waals surface area (Å²) in [7, 11) is 0. The summed E-state index contributed by atoms with van der Waals surface area (Å²) in [5.74, 6) is -0.0366. The summed E-state index contributed by atoms with van der Waals surface area (Å²) in [6.45, 7) is 6.13. The molecule has 0 aromatic heterocycles. The zero-order chi connectivity index (χ0) is 14.7. The number of ether oxygens (including phenoxy) is 2. The van der Waals surface area contributed by atoms with Crippen molar-refractivity contribution in [2.75, 3.05) is 32.9 Å². The molecule has 2 aliphatic carbocycles. The van der Waals surface area contributed by atoms with E-state index in [2.05, 4.69) is 10.2 Å². The average Bonchev–Trinajstić information content (AvgIpc) is 3.23. The third kappa shape index (κ3) is 3.58. The Kier molecular flexibility index (Phi) is 4.82. The van der Waals surface area contributed by atoms with Crippen molar-refractivity contribution < 1.29 is 14.3 Å². The molecule has 1 heterocycles. The summed E-state index contributed by atoms with van der Waals surface area (Å²) < 4.78 is 10.9. The van der Waals surface area contributed by atoms with Crippen molar-refractivity contribution in [2.45, 2.75) is 63.1 Å². The van der Waals surface area contributed by atoms with E-state index in [1.54, 1.807) is 0 Å². The van der Waals surface area contributed by atoms with E-state index in [4.69, 9.17) is 9.47 Å². The Balaban J connectivity index is 1.65. The first-order valence-electron chi connectivity index (χ1n) is 8.50. The van der Waals surface area contributed by atoms with Crippen molar-refractivity contribution in [3.05, 3.63) is 0 Å². The fraction of sp³-hybridized carbons (Fsp3) is 0.938. The van der Waals surface area contributed by atoms with Crippen LogP contribution in [0.3, 0.4) is 0 Å². The van der Waals surface area contributed by atoms with Crippen molar-refractivity contribution in [3.8, 4) is 0 Å². The zero-order valence-corrected chi connectivity index (χ0v) is 13.1. The normalized spacial score (nSPS) is 34.6. The van der Waals surface area contributed by atoms with Gasteiger partial charge in [0.15, 0.2) is 0 Å². The van der Waals surface area contributed by atoms with Crippen LogP contribution in [0.4, 0.5) is 0 Å². The monoisotopic (exact) mass is 296 g/mol. The summed E-state index contributed by atoms with van der Waals surface area (Å²) in [6.07, 6.45) is 6.37. The molecule has 2 unspecified atom stereocenters. The van der Waals surface area contributed by atoms with Gasteiger partial charge in [0.05, 0.1) is 13.2 Å². The Morgan fingerprint density at radius 1 is 1.33 bits per heavy atom. The second-order valence-corrected chi connectivity index (χ2v) is 6.62. The molecule has 2 saturated carbocycles. The van der Waals surface area contributed by atoms with Gasteiger partial charge >= 0.3 is 5.97 Å². The van der Waals surface area contributed by atoms with Crippen LogP contribution in [0.15, 0.2) is 0 Å². The smallest absolute Gasteiger partial charge is 0.326 e. The van der Waals surface area contributed by atoms with Crippen LogP contribution in [0.5, 0.6) is 0 Å². The molecule has 5 heteroatoms. The first kappa shape index (κ1) is 15.3. The van der Waals surface area contributed by atoms with Gasteiger partial charge in [-0.3, -0.25) is 15.0 Å². The Labute approximate surface area is 127 Å². The van der Waals surface area contributed by atoms with Crippen molar-refractivity contribution in [3.63, 3.8) is 0 Å². The molecule has 0 aromatic carbocycles. The van der Waals surface area contributed by atoms with Gasteiger partial charge in [-0.1, -0.05) is 0 Å². The number of nitrogens with one attached hydrogen (secondary N) is 1. The Morgan fingerprint density at radius 3 is 2.95 bits per heavy atom. The molecule has 0 radical (unpaired) electrons. The maximum atomic E-state index is 12.5. The highest BCUT2D eigenvalue weighted by Crippen LogP contribution is 2.37. The Hall–Kier alpha value is -0.650. The fourth-order valence-corrected chi connectivity index (χ4v) is 3.72. The van der Waals surface area contributed by atoms with Gasteiger partial charge in [0.1, 0.15) is 5.54 Å². The lowest BCUT2D eigenvalue weighted by Crippen LogP contribution is -2.53. The van der Waals surface area contributed by atoms with Crippen LogP contribution in [-0.4, -0.2) is 61.4 Å². The molecule has 5 nitrogen and oxygen atoms in total. The van der Waals surface area contributed by atoms with Gasteiger partial charge in [0.25, 0.3) is 0 Å². The summed E-state index contributed by atoms with van der Waals surface area (Å²) >= 11 is 0. The molecule has 2 atom stereocenters. The van der Waals surface area contributed by atoms with Crippen molar-refractivity contribution in [2.24, 2.45) is 0 Å². The lowest BCUT2D eigenvalue weighted by atomic mass is 9.96. The Bertz CT molecular complexity index is 365. The van der Waals surface area contributed by atoms with Gasteiger partial charge < -0.3 is 9.47 Å². The highest BCUT2D eigenvalue weighted by Gasteiger charge is 2.50. The lowest BCUT2D eigenvalue weighted by molar-refractivity contribution is -0.151. The second-order valence-electron chi connectivity index (χ2n) is 6.62. The number of carbonyl (C=O) groups is 1. The SMILES string of the molecule is CCOC(=O)C1(NC2CC2)CCC(N2CCCOCC2)C1. The van der Waals surface area contributed by atoms with Gasteiger partial charge in [-0.2, -0.15) is 0 Å². The largest absolute Gasteiger partial charge is 0.465 e. The number of carbonyl (C=O) groups excluding carboxylic acids is 1. The van der Waals surface area contributed by atoms with E-state index in [1.807, 2.05) is 6.92 Å². The van der Waals surface area contributed by atoms with Gasteiger partial charge in [0, 0.05) is 31.8 Å². The van der Waals surface area contributed by atoms with E-state index >= 15 is 0 Å². The predicted octanol–water partition coefficient (Wildman–Crippen LogP) is 1.32. The van der Waals surface area contributed by atoms with E-state index in [-0.39, 0.29) is 5.97 Å². The first-order chi connectivity index (χ1) is 10.2. The minimum absolute atomic E-state index is 0.0366. The predicted molar refractivity (Wildman–Crippen MR) is 80.2 cm³/mol. The molecule has 0 bridgehead atoms. The molecule has 3 rings (SSSR count). The summed E-state index contributed by atoms with van der Waals surface area (Å²) in [5.41, 5.74) is -0.436. The molecule has 3 fully saturated rings. The molecule has 0 spiro atoms. The third-order valence-electron chi connectivity index (χ3n) is 4.99. The molecule has 3 aliphatic rings. The van der Waals surface area contributed by atoms with E-state index < -0.39 is 5.54 Å². The van der Waals surface area contributed by atoms with Crippen molar-refractivity contribution in [1.82, 2.24) is 10.2 Å². The molecule has 120 valence electrons. The first-order valence-corrected chi connectivity index (χ1v) is 8.50.